The topological polar surface area (TPSA) is 107 Å². The zero-order chi connectivity index (χ0) is 24.4. The molecule has 9 nitrogen and oxygen atoms in total. The van der Waals surface area contributed by atoms with Crippen LogP contribution in [0.2, 0.25) is 15.1 Å². The highest BCUT2D eigenvalue weighted by Crippen LogP contribution is 2.32. The van der Waals surface area contributed by atoms with E-state index in [1.807, 2.05) is 13.8 Å². The molecule has 0 bridgehead atoms. The van der Waals surface area contributed by atoms with Crippen molar-refractivity contribution in [1.82, 2.24) is 20.1 Å². The maximum atomic E-state index is 13.4. The lowest BCUT2D eigenvalue weighted by molar-refractivity contribution is -0.0814. The first-order valence-electron chi connectivity index (χ1n) is 10.3. The van der Waals surface area contributed by atoms with Crippen LogP contribution < -0.4 is 15.4 Å². The third-order valence-corrected chi connectivity index (χ3v) is 5.52. The number of hydrogen-bond acceptors (Lipinski definition) is 6. The number of amides is 2. The van der Waals surface area contributed by atoms with E-state index in [-0.39, 0.29) is 55.9 Å². The van der Waals surface area contributed by atoms with Crippen LogP contribution in [0.4, 0.5) is 5.69 Å². The molecule has 3 heterocycles. The summed E-state index contributed by atoms with van der Waals surface area (Å²) in [5.41, 5.74) is 0.283. The number of anilines is 1. The monoisotopic (exact) mass is 523 g/mol. The lowest BCUT2D eigenvalue weighted by atomic mass is 10.1. The van der Waals surface area contributed by atoms with Gasteiger partial charge in [-0.1, -0.05) is 34.8 Å². The van der Waals surface area contributed by atoms with E-state index >= 15 is 0 Å². The van der Waals surface area contributed by atoms with Gasteiger partial charge in [-0.05, 0) is 38.1 Å². The zero-order valence-electron chi connectivity index (χ0n) is 18.1. The highest BCUT2D eigenvalue weighted by Gasteiger charge is 2.26. The first-order chi connectivity index (χ1) is 16.2. The quantitative estimate of drug-likeness (QED) is 0.474. The molecule has 178 valence electrons. The largest absolute Gasteiger partial charge is 0.468 e. The minimum Gasteiger partial charge on any atom is -0.468 e. The van der Waals surface area contributed by atoms with E-state index < -0.39 is 11.8 Å². The van der Waals surface area contributed by atoms with Gasteiger partial charge in [-0.3, -0.25) is 9.59 Å². The van der Waals surface area contributed by atoms with E-state index in [1.165, 1.54) is 29.1 Å². The Labute approximate surface area is 210 Å². The zero-order valence-corrected chi connectivity index (χ0v) is 20.4. The predicted octanol–water partition coefficient (Wildman–Crippen LogP) is 4.40. The van der Waals surface area contributed by atoms with Crippen LogP contribution in [0.15, 0.2) is 36.5 Å². The molecule has 1 fully saturated rings. The van der Waals surface area contributed by atoms with Gasteiger partial charge in [0.1, 0.15) is 11.8 Å². The van der Waals surface area contributed by atoms with Crippen LogP contribution in [0.5, 0.6) is 5.88 Å². The van der Waals surface area contributed by atoms with Gasteiger partial charge in [-0.15, -0.1) is 5.10 Å². The molecule has 1 aromatic carbocycles. The summed E-state index contributed by atoms with van der Waals surface area (Å²) in [5.74, 6) is -0.629. The van der Waals surface area contributed by atoms with Crippen molar-refractivity contribution in [3.05, 3.63) is 62.9 Å². The van der Waals surface area contributed by atoms with Crippen molar-refractivity contribution >= 4 is 52.3 Å². The average molecular weight is 525 g/mol. The van der Waals surface area contributed by atoms with Crippen molar-refractivity contribution in [2.75, 3.05) is 18.5 Å². The Kier molecular flexibility index (Phi) is 7.27. The summed E-state index contributed by atoms with van der Waals surface area (Å²) in [4.78, 5) is 30.4. The molecule has 0 saturated carbocycles. The first-order valence-corrected chi connectivity index (χ1v) is 11.4. The maximum Gasteiger partial charge on any atom is 0.274 e. The SMILES string of the molecule is CC(C)NC(=O)c1cc(Cl)cc(Cl)c1NC(=O)c1cc(OC2COC2)nn1-c1ncccc1Cl. The lowest BCUT2D eigenvalue weighted by Gasteiger charge is -2.25. The summed E-state index contributed by atoms with van der Waals surface area (Å²) in [6.45, 7) is 4.47. The van der Waals surface area contributed by atoms with Gasteiger partial charge in [0.05, 0.1) is 34.5 Å². The molecule has 34 heavy (non-hydrogen) atoms. The van der Waals surface area contributed by atoms with Crippen molar-refractivity contribution in [1.29, 1.82) is 0 Å². The number of hydrogen-bond donors (Lipinski definition) is 2. The second-order valence-electron chi connectivity index (χ2n) is 7.76. The summed E-state index contributed by atoms with van der Waals surface area (Å²) in [5, 5.41) is 10.4. The molecular weight excluding hydrogens is 505 g/mol. The third-order valence-electron chi connectivity index (χ3n) is 4.71. The third kappa shape index (κ3) is 5.28. The minimum atomic E-state index is -0.614. The van der Waals surface area contributed by atoms with Crippen molar-refractivity contribution < 1.29 is 19.1 Å². The van der Waals surface area contributed by atoms with Crippen molar-refractivity contribution in [3.63, 3.8) is 0 Å². The van der Waals surface area contributed by atoms with Crippen LogP contribution in [-0.2, 0) is 4.74 Å². The Morgan fingerprint density at radius 1 is 1.15 bits per heavy atom. The molecule has 0 spiro atoms. The Hall–Kier alpha value is -2.85. The summed E-state index contributed by atoms with van der Waals surface area (Å²) in [7, 11) is 0. The standard InChI is InChI=1S/C22H20Cl3N5O4/c1-11(2)27-21(31)14-6-12(23)7-16(25)19(14)28-22(32)17-8-18(34-13-9-33-10-13)29-30(17)20-15(24)4-3-5-26-20/h3-8,11,13H,9-10H2,1-2H3,(H,27,31)(H,28,32). The van der Waals surface area contributed by atoms with Crippen LogP contribution in [-0.4, -0.2) is 51.9 Å². The summed E-state index contributed by atoms with van der Waals surface area (Å²) in [6, 6.07) is 7.46. The molecule has 0 radical (unpaired) electrons. The predicted molar refractivity (Wildman–Crippen MR) is 129 cm³/mol. The first kappa shape index (κ1) is 24.3. The van der Waals surface area contributed by atoms with Crippen LogP contribution in [0.1, 0.15) is 34.7 Å². The molecule has 1 saturated heterocycles. The molecule has 1 aliphatic heterocycles. The van der Waals surface area contributed by atoms with Crippen molar-refractivity contribution in [2.45, 2.75) is 26.0 Å². The Morgan fingerprint density at radius 3 is 2.56 bits per heavy atom. The fourth-order valence-electron chi connectivity index (χ4n) is 3.12. The fraction of sp³-hybridized carbons (Fsp3) is 0.273. The van der Waals surface area contributed by atoms with E-state index in [0.29, 0.717) is 13.2 Å². The molecule has 0 atom stereocenters. The van der Waals surface area contributed by atoms with Gasteiger partial charge in [0, 0.05) is 23.3 Å². The van der Waals surface area contributed by atoms with Crippen LogP contribution >= 0.6 is 34.8 Å². The lowest BCUT2D eigenvalue weighted by Crippen LogP contribution is -2.38. The summed E-state index contributed by atoms with van der Waals surface area (Å²) in [6.07, 6.45) is 1.35. The van der Waals surface area contributed by atoms with E-state index in [0.717, 1.165) is 0 Å². The van der Waals surface area contributed by atoms with Gasteiger partial charge in [0.15, 0.2) is 5.82 Å². The number of ether oxygens (including phenoxy) is 2. The minimum absolute atomic E-state index is 0.0667. The molecule has 3 aromatic rings. The Bertz CT molecular complexity index is 1240. The number of aromatic nitrogens is 3. The number of benzene rings is 1. The molecule has 0 unspecified atom stereocenters. The average Bonchev–Trinajstić information content (AvgIpc) is 3.16. The summed E-state index contributed by atoms with van der Waals surface area (Å²) >= 11 is 18.8. The molecule has 2 amide bonds. The number of carbonyl (C=O) groups is 2. The van der Waals surface area contributed by atoms with Gasteiger partial charge in [0.2, 0.25) is 5.88 Å². The highest BCUT2D eigenvalue weighted by molar-refractivity contribution is 6.38. The molecule has 0 aliphatic carbocycles. The van der Waals surface area contributed by atoms with Gasteiger partial charge < -0.3 is 20.1 Å². The molecule has 2 N–H and O–H groups in total. The summed E-state index contributed by atoms with van der Waals surface area (Å²) < 4.78 is 12.2. The highest BCUT2D eigenvalue weighted by atomic mass is 35.5. The van der Waals surface area contributed by atoms with Gasteiger partial charge >= 0.3 is 0 Å². The van der Waals surface area contributed by atoms with E-state index in [4.69, 9.17) is 44.3 Å². The number of nitrogens with one attached hydrogen (secondary N) is 2. The Balaban J connectivity index is 1.72. The van der Waals surface area contributed by atoms with Crippen LogP contribution in [0.25, 0.3) is 5.82 Å². The van der Waals surface area contributed by atoms with Crippen LogP contribution in [0.3, 0.4) is 0 Å². The molecule has 12 heteroatoms. The van der Waals surface area contributed by atoms with E-state index in [9.17, 15) is 9.59 Å². The number of halogens is 3. The normalized spacial score (nSPS) is 13.5. The van der Waals surface area contributed by atoms with Crippen LogP contribution in [0, 0.1) is 0 Å². The second-order valence-corrected chi connectivity index (χ2v) is 9.01. The number of pyridine rings is 1. The van der Waals surface area contributed by atoms with Gasteiger partial charge in [-0.2, -0.15) is 0 Å². The van der Waals surface area contributed by atoms with E-state index in [2.05, 4.69) is 20.7 Å². The van der Waals surface area contributed by atoms with Crippen molar-refractivity contribution in [2.24, 2.45) is 0 Å². The molecule has 1 aliphatic rings. The van der Waals surface area contributed by atoms with Gasteiger partial charge in [-0.25, -0.2) is 9.67 Å². The van der Waals surface area contributed by atoms with E-state index in [1.54, 1.807) is 12.1 Å². The smallest absolute Gasteiger partial charge is 0.274 e. The molecular formula is C22H20Cl3N5O4. The maximum absolute atomic E-state index is 13.4. The number of nitrogens with zero attached hydrogens (tertiary/aromatic N) is 3. The number of rotatable bonds is 7. The second kappa shape index (κ2) is 10.2. The fourth-order valence-corrected chi connectivity index (χ4v) is 3.87. The molecule has 2 aromatic heterocycles. The van der Waals surface area contributed by atoms with Gasteiger partial charge in [0.25, 0.3) is 11.8 Å². The molecule has 4 rings (SSSR count). The number of carbonyl (C=O) groups excluding carboxylic acids is 2. The Morgan fingerprint density at radius 2 is 1.91 bits per heavy atom. The van der Waals surface area contributed by atoms with Crippen molar-refractivity contribution in [3.8, 4) is 11.7 Å².